The van der Waals surface area contributed by atoms with Crippen LogP contribution in [0.15, 0.2) is 48.5 Å². The number of carbonyl (C=O) groups is 1. The van der Waals surface area contributed by atoms with Gasteiger partial charge >= 0.3 is 5.97 Å². The third-order valence-corrected chi connectivity index (χ3v) is 2.50. The number of esters is 1. The van der Waals surface area contributed by atoms with Crippen molar-refractivity contribution < 1.29 is 9.53 Å². The molecule has 0 amide bonds. The highest BCUT2D eigenvalue weighted by atomic mass is 35.5. The van der Waals surface area contributed by atoms with Crippen LogP contribution in [-0.2, 0) is 4.74 Å². The molecule has 2 aromatic carbocycles. The Hall–Kier alpha value is -2.00. The Balaban J connectivity index is 0.00000162. The lowest BCUT2D eigenvalue weighted by molar-refractivity contribution is 0.0601. The van der Waals surface area contributed by atoms with Crippen molar-refractivity contribution >= 4 is 24.1 Å². The minimum atomic E-state index is -0.337. The summed E-state index contributed by atoms with van der Waals surface area (Å²) in [5.74, 6) is -0.337. The van der Waals surface area contributed by atoms with E-state index in [1.54, 1.807) is 12.1 Å². The van der Waals surface area contributed by atoms with Crippen molar-refractivity contribution in [1.29, 1.82) is 0 Å². The zero-order valence-corrected chi connectivity index (χ0v) is 10.7. The molecule has 0 unspecified atom stereocenters. The predicted molar refractivity (Wildman–Crippen MR) is 74.9 cm³/mol. The summed E-state index contributed by atoms with van der Waals surface area (Å²) in [5.41, 5.74) is 8.89. The van der Waals surface area contributed by atoms with Crippen molar-refractivity contribution in [3.63, 3.8) is 0 Å². The van der Waals surface area contributed by atoms with Crippen LogP contribution in [0.4, 0.5) is 5.69 Å². The fourth-order valence-electron chi connectivity index (χ4n) is 1.66. The van der Waals surface area contributed by atoms with E-state index in [-0.39, 0.29) is 18.4 Å². The molecule has 0 heterocycles. The number of hydrogen-bond acceptors (Lipinski definition) is 3. The molecule has 0 aliphatic carbocycles. The van der Waals surface area contributed by atoms with Crippen LogP contribution in [0, 0.1) is 0 Å². The molecule has 2 rings (SSSR count). The van der Waals surface area contributed by atoms with Crippen LogP contribution in [0.1, 0.15) is 10.4 Å². The summed E-state index contributed by atoms with van der Waals surface area (Å²) in [6.07, 6.45) is 0. The summed E-state index contributed by atoms with van der Waals surface area (Å²) in [7, 11) is 1.37. The van der Waals surface area contributed by atoms with Crippen molar-refractivity contribution in [1.82, 2.24) is 0 Å². The largest absolute Gasteiger partial charge is 0.465 e. The number of halogens is 1. The zero-order chi connectivity index (χ0) is 12.3. The van der Waals surface area contributed by atoms with Gasteiger partial charge < -0.3 is 10.5 Å². The van der Waals surface area contributed by atoms with Crippen LogP contribution in [0.3, 0.4) is 0 Å². The first-order chi connectivity index (χ1) is 8.20. The topological polar surface area (TPSA) is 52.3 Å². The molecule has 4 heteroatoms. The lowest BCUT2D eigenvalue weighted by Gasteiger charge is -2.05. The monoisotopic (exact) mass is 263 g/mol. The highest BCUT2D eigenvalue weighted by Gasteiger charge is 2.06. The Morgan fingerprint density at radius 1 is 1.06 bits per heavy atom. The molecule has 0 radical (unpaired) electrons. The number of carbonyl (C=O) groups excluding carboxylic acids is 1. The summed E-state index contributed by atoms with van der Waals surface area (Å²) in [5, 5.41) is 0. The molecule has 0 aromatic heterocycles. The van der Waals surface area contributed by atoms with E-state index < -0.39 is 0 Å². The minimum Gasteiger partial charge on any atom is -0.465 e. The van der Waals surface area contributed by atoms with Gasteiger partial charge in [0.15, 0.2) is 0 Å². The summed E-state index contributed by atoms with van der Waals surface area (Å²) in [6.45, 7) is 0. The Morgan fingerprint density at radius 3 is 2.28 bits per heavy atom. The number of benzene rings is 2. The number of ether oxygens (including phenoxy) is 1. The van der Waals surface area contributed by atoms with Crippen LogP contribution in [0.5, 0.6) is 0 Å². The van der Waals surface area contributed by atoms with E-state index in [4.69, 9.17) is 5.73 Å². The van der Waals surface area contributed by atoms with Crippen LogP contribution in [0.25, 0.3) is 11.1 Å². The molecule has 0 saturated carbocycles. The Bertz CT molecular complexity index is 555. The molecule has 3 nitrogen and oxygen atoms in total. The fraction of sp³-hybridized carbons (Fsp3) is 0.0714. The van der Waals surface area contributed by atoms with Crippen LogP contribution < -0.4 is 5.73 Å². The number of methoxy groups -OCH3 is 1. The summed E-state index contributed by atoms with van der Waals surface area (Å²) in [6, 6.07) is 14.8. The van der Waals surface area contributed by atoms with Gasteiger partial charge in [0.1, 0.15) is 0 Å². The molecule has 0 atom stereocenters. The van der Waals surface area contributed by atoms with E-state index in [0.717, 1.165) is 11.1 Å². The van der Waals surface area contributed by atoms with Gasteiger partial charge in [-0.15, -0.1) is 12.4 Å². The van der Waals surface area contributed by atoms with Crippen LogP contribution >= 0.6 is 12.4 Å². The first kappa shape index (κ1) is 14.1. The number of anilines is 1. The minimum absolute atomic E-state index is 0. The maximum Gasteiger partial charge on any atom is 0.337 e. The molecule has 2 N–H and O–H groups in total. The smallest absolute Gasteiger partial charge is 0.337 e. The van der Waals surface area contributed by atoms with Crippen molar-refractivity contribution in [2.45, 2.75) is 0 Å². The molecule has 0 spiro atoms. The van der Waals surface area contributed by atoms with E-state index in [1.165, 1.54) is 7.11 Å². The number of hydrogen-bond donors (Lipinski definition) is 1. The second kappa shape index (κ2) is 6.07. The first-order valence-corrected chi connectivity index (χ1v) is 5.25. The van der Waals surface area contributed by atoms with E-state index >= 15 is 0 Å². The first-order valence-electron chi connectivity index (χ1n) is 5.25. The van der Waals surface area contributed by atoms with Gasteiger partial charge in [0.05, 0.1) is 12.7 Å². The van der Waals surface area contributed by atoms with Crippen LogP contribution in [0.2, 0.25) is 0 Å². The average Bonchev–Trinajstić information content (AvgIpc) is 2.38. The van der Waals surface area contributed by atoms with Crippen molar-refractivity contribution in [3.05, 3.63) is 54.1 Å². The molecule has 18 heavy (non-hydrogen) atoms. The third-order valence-electron chi connectivity index (χ3n) is 2.50. The second-order valence-corrected chi connectivity index (χ2v) is 3.70. The Kier molecular flexibility index (Phi) is 4.75. The zero-order valence-electron chi connectivity index (χ0n) is 9.92. The van der Waals surface area contributed by atoms with Gasteiger partial charge in [0.25, 0.3) is 0 Å². The lowest BCUT2D eigenvalue weighted by atomic mass is 10.0. The number of nitrogens with two attached hydrogens (primary N) is 1. The molecule has 0 saturated heterocycles. The highest BCUT2D eigenvalue weighted by Crippen LogP contribution is 2.22. The Morgan fingerprint density at radius 2 is 1.67 bits per heavy atom. The summed E-state index contributed by atoms with van der Waals surface area (Å²) < 4.78 is 4.69. The number of nitrogen functional groups attached to an aromatic ring is 1. The predicted octanol–water partition coefficient (Wildman–Crippen LogP) is 3.14. The molecule has 0 aliphatic rings. The lowest BCUT2D eigenvalue weighted by Crippen LogP contribution is -2.00. The van der Waals surface area contributed by atoms with Gasteiger partial charge in [-0.1, -0.05) is 24.3 Å². The maximum absolute atomic E-state index is 11.4. The van der Waals surface area contributed by atoms with Gasteiger partial charge in [0, 0.05) is 5.69 Å². The average molecular weight is 264 g/mol. The molecular formula is C14H14ClNO2. The molecular weight excluding hydrogens is 250 g/mol. The molecule has 0 fully saturated rings. The van der Waals surface area contributed by atoms with Gasteiger partial charge in [-0.05, 0) is 35.4 Å². The molecule has 2 aromatic rings. The van der Waals surface area contributed by atoms with E-state index in [0.29, 0.717) is 11.3 Å². The normalized spacial score (nSPS) is 9.39. The third kappa shape index (κ3) is 3.02. The van der Waals surface area contributed by atoms with E-state index in [9.17, 15) is 4.79 Å². The van der Waals surface area contributed by atoms with Crippen molar-refractivity contribution in [2.24, 2.45) is 0 Å². The highest BCUT2D eigenvalue weighted by molar-refractivity contribution is 5.91. The maximum atomic E-state index is 11.4. The molecule has 0 aliphatic heterocycles. The molecule has 94 valence electrons. The quantitative estimate of drug-likeness (QED) is 0.669. The summed E-state index contributed by atoms with van der Waals surface area (Å²) >= 11 is 0. The Labute approximate surface area is 112 Å². The van der Waals surface area contributed by atoms with Gasteiger partial charge in [-0.3, -0.25) is 0 Å². The fourth-order valence-corrected chi connectivity index (χ4v) is 1.66. The second-order valence-electron chi connectivity index (χ2n) is 3.70. The van der Waals surface area contributed by atoms with Gasteiger partial charge in [-0.25, -0.2) is 4.79 Å². The van der Waals surface area contributed by atoms with Crippen LogP contribution in [-0.4, -0.2) is 13.1 Å². The van der Waals surface area contributed by atoms with Crippen molar-refractivity contribution in [2.75, 3.05) is 12.8 Å². The van der Waals surface area contributed by atoms with E-state index in [1.807, 2.05) is 36.4 Å². The SMILES string of the molecule is COC(=O)c1cccc(-c2cccc(N)c2)c1.Cl. The summed E-state index contributed by atoms with van der Waals surface area (Å²) in [4.78, 5) is 11.4. The van der Waals surface area contributed by atoms with Gasteiger partial charge in [-0.2, -0.15) is 0 Å². The number of rotatable bonds is 2. The van der Waals surface area contributed by atoms with E-state index in [2.05, 4.69) is 4.74 Å². The standard InChI is InChI=1S/C14H13NO2.ClH/c1-17-14(16)12-6-2-4-10(8-12)11-5-3-7-13(15)9-11;/h2-9H,15H2,1H3;1H. The van der Waals surface area contributed by atoms with Crippen molar-refractivity contribution in [3.8, 4) is 11.1 Å². The molecule has 0 bridgehead atoms. The van der Waals surface area contributed by atoms with Gasteiger partial charge in [0.2, 0.25) is 0 Å².